The van der Waals surface area contributed by atoms with Crippen LogP contribution in [-0.2, 0) is 4.74 Å². The summed E-state index contributed by atoms with van der Waals surface area (Å²) in [7, 11) is 0. The lowest BCUT2D eigenvalue weighted by molar-refractivity contribution is 0.0558. The van der Waals surface area contributed by atoms with Gasteiger partial charge in [0.25, 0.3) is 0 Å². The van der Waals surface area contributed by atoms with Crippen molar-refractivity contribution in [3.8, 4) is 23.5 Å². The Kier molecular flexibility index (Phi) is 5.93. The normalized spacial score (nSPS) is 10.4. The molecule has 0 bridgehead atoms. The highest BCUT2D eigenvalue weighted by Crippen LogP contribution is 2.39. The van der Waals surface area contributed by atoms with Gasteiger partial charge in [-0.05, 0) is 43.7 Å². The summed E-state index contributed by atoms with van der Waals surface area (Å²) in [5.41, 5.74) is 3.66. The second kappa shape index (κ2) is 8.39. The van der Waals surface area contributed by atoms with Crippen molar-refractivity contribution in [3.05, 3.63) is 63.5 Å². The van der Waals surface area contributed by atoms with E-state index >= 15 is 0 Å². The Morgan fingerprint density at radius 2 is 1.93 bits per heavy atom. The summed E-state index contributed by atoms with van der Waals surface area (Å²) in [6.07, 6.45) is 5.14. The Labute approximate surface area is 172 Å². The molecule has 0 atom stereocenters. The van der Waals surface area contributed by atoms with E-state index in [-0.39, 0.29) is 6.61 Å². The highest BCUT2D eigenvalue weighted by molar-refractivity contribution is 6.39. The predicted molar refractivity (Wildman–Crippen MR) is 110 cm³/mol. The van der Waals surface area contributed by atoms with Crippen molar-refractivity contribution in [1.29, 1.82) is 0 Å². The topological polar surface area (TPSA) is 64.4 Å². The van der Waals surface area contributed by atoms with Gasteiger partial charge in [-0.15, -0.1) is 6.42 Å². The number of hydrogen-bond donors (Lipinski definition) is 1. The van der Waals surface area contributed by atoms with Gasteiger partial charge in [0.1, 0.15) is 5.76 Å². The van der Waals surface area contributed by atoms with Crippen molar-refractivity contribution in [3.63, 3.8) is 0 Å². The molecule has 3 aromatic rings. The number of aryl methyl sites for hydroxylation is 2. The Morgan fingerprint density at radius 1 is 1.25 bits per heavy atom. The second-order valence-electron chi connectivity index (χ2n) is 5.96. The minimum atomic E-state index is -0.541. The van der Waals surface area contributed by atoms with E-state index in [1.54, 1.807) is 36.4 Å². The minimum Gasteiger partial charge on any atom is -0.449 e. The standard InChI is InChI=1S/C21H16Cl2N2O3/c1-4-9-27-21(26)15-7-5-6-8-18(15)24-20-16(22)10-14(11-17(20)23)19-12(2)25-28-13(19)3/h1,5-8,10-11,24H,9H2,2-3H3. The molecule has 0 spiro atoms. The number of para-hydroxylation sites is 1. The number of carbonyl (C=O) groups is 1. The SMILES string of the molecule is C#CCOC(=O)c1ccccc1Nc1c(Cl)cc(-c2c(C)noc2C)cc1Cl. The van der Waals surface area contributed by atoms with E-state index in [4.69, 9.17) is 38.9 Å². The number of nitrogens with zero attached hydrogens (tertiary/aromatic N) is 1. The number of carbonyl (C=O) groups excluding carboxylic acids is 1. The summed E-state index contributed by atoms with van der Waals surface area (Å²) in [4.78, 5) is 12.2. The highest BCUT2D eigenvalue weighted by Gasteiger charge is 2.18. The average molecular weight is 415 g/mol. The van der Waals surface area contributed by atoms with Gasteiger partial charge < -0.3 is 14.6 Å². The van der Waals surface area contributed by atoms with Crippen molar-refractivity contribution in [2.24, 2.45) is 0 Å². The van der Waals surface area contributed by atoms with Crippen LogP contribution in [-0.4, -0.2) is 17.7 Å². The van der Waals surface area contributed by atoms with Crippen molar-refractivity contribution >= 4 is 40.5 Å². The molecule has 1 N–H and O–H groups in total. The van der Waals surface area contributed by atoms with E-state index in [9.17, 15) is 4.79 Å². The van der Waals surface area contributed by atoms with E-state index in [0.717, 1.165) is 16.8 Å². The molecule has 0 unspecified atom stereocenters. The Balaban J connectivity index is 1.97. The molecule has 28 heavy (non-hydrogen) atoms. The molecule has 142 valence electrons. The zero-order valence-electron chi connectivity index (χ0n) is 15.2. The monoisotopic (exact) mass is 414 g/mol. The average Bonchev–Trinajstić information content (AvgIpc) is 3.01. The first-order valence-corrected chi connectivity index (χ1v) is 9.07. The van der Waals surface area contributed by atoms with Crippen LogP contribution in [0.25, 0.3) is 11.1 Å². The van der Waals surface area contributed by atoms with Gasteiger partial charge in [0, 0.05) is 5.56 Å². The van der Waals surface area contributed by atoms with Crippen molar-refractivity contribution in [1.82, 2.24) is 5.16 Å². The fourth-order valence-corrected chi connectivity index (χ4v) is 3.40. The number of hydrogen-bond acceptors (Lipinski definition) is 5. The maximum atomic E-state index is 12.2. The molecule has 0 aliphatic heterocycles. The zero-order chi connectivity index (χ0) is 20.3. The van der Waals surface area contributed by atoms with E-state index in [2.05, 4.69) is 16.4 Å². The number of ether oxygens (including phenoxy) is 1. The third-order valence-electron chi connectivity index (χ3n) is 4.06. The van der Waals surface area contributed by atoms with Crippen molar-refractivity contribution < 1.29 is 14.1 Å². The van der Waals surface area contributed by atoms with E-state index < -0.39 is 5.97 Å². The first-order chi connectivity index (χ1) is 13.4. The molecule has 7 heteroatoms. The Bertz CT molecular complexity index is 1040. The Morgan fingerprint density at radius 3 is 2.54 bits per heavy atom. The number of terminal acetylenes is 1. The number of esters is 1. The van der Waals surface area contributed by atoms with Crippen LogP contribution < -0.4 is 5.32 Å². The molecular formula is C21H16Cl2N2O3. The molecule has 0 saturated carbocycles. The summed E-state index contributed by atoms with van der Waals surface area (Å²) in [6.45, 7) is 3.56. The molecular weight excluding hydrogens is 399 g/mol. The maximum Gasteiger partial charge on any atom is 0.341 e. The van der Waals surface area contributed by atoms with Gasteiger partial charge >= 0.3 is 5.97 Å². The lowest BCUT2D eigenvalue weighted by Crippen LogP contribution is -2.08. The van der Waals surface area contributed by atoms with Gasteiger partial charge in [-0.2, -0.15) is 0 Å². The van der Waals surface area contributed by atoms with E-state index in [0.29, 0.717) is 32.7 Å². The number of nitrogens with one attached hydrogen (secondary N) is 1. The second-order valence-corrected chi connectivity index (χ2v) is 6.78. The van der Waals surface area contributed by atoms with Crippen molar-refractivity contribution in [2.45, 2.75) is 13.8 Å². The molecule has 1 heterocycles. The van der Waals surface area contributed by atoms with Gasteiger partial charge in [0.05, 0.1) is 32.7 Å². The van der Waals surface area contributed by atoms with Crippen LogP contribution in [0.15, 0.2) is 40.9 Å². The smallest absolute Gasteiger partial charge is 0.341 e. The van der Waals surface area contributed by atoms with Crippen LogP contribution in [0.3, 0.4) is 0 Å². The zero-order valence-corrected chi connectivity index (χ0v) is 16.7. The molecule has 0 aliphatic rings. The number of benzene rings is 2. The van der Waals surface area contributed by atoms with Crippen LogP contribution in [0.4, 0.5) is 11.4 Å². The molecule has 0 aliphatic carbocycles. The molecule has 3 rings (SSSR count). The summed E-state index contributed by atoms with van der Waals surface area (Å²) in [6, 6.07) is 10.4. The van der Waals surface area contributed by atoms with Crippen LogP contribution in [0.5, 0.6) is 0 Å². The molecule has 0 saturated heterocycles. The lowest BCUT2D eigenvalue weighted by atomic mass is 10.0. The van der Waals surface area contributed by atoms with Crippen LogP contribution in [0, 0.1) is 26.2 Å². The van der Waals surface area contributed by atoms with Gasteiger partial charge in [0.15, 0.2) is 6.61 Å². The maximum absolute atomic E-state index is 12.2. The fraction of sp³-hybridized carbons (Fsp3) is 0.143. The van der Waals surface area contributed by atoms with Gasteiger partial charge in [-0.25, -0.2) is 4.79 Å². The molecule has 1 aromatic heterocycles. The van der Waals surface area contributed by atoms with E-state index in [1.165, 1.54) is 0 Å². The molecule has 0 amide bonds. The van der Waals surface area contributed by atoms with Crippen LogP contribution >= 0.6 is 23.2 Å². The number of anilines is 2. The summed E-state index contributed by atoms with van der Waals surface area (Å²) in [5, 5.41) is 7.84. The third kappa shape index (κ3) is 3.99. The minimum absolute atomic E-state index is 0.110. The van der Waals surface area contributed by atoms with Gasteiger partial charge in [-0.3, -0.25) is 0 Å². The Hall–Kier alpha value is -2.94. The quantitative estimate of drug-likeness (QED) is 0.422. The highest BCUT2D eigenvalue weighted by atomic mass is 35.5. The first kappa shape index (κ1) is 19.8. The summed E-state index contributed by atoms with van der Waals surface area (Å²) < 4.78 is 10.2. The largest absolute Gasteiger partial charge is 0.449 e. The summed E-state index contributed by atoms with van der Waals surface area (Å²) in [5.74, 6) is 2.40. The van der Waals surface area contributed by atoms with Crippen LogP contribution in [0.1, 0.15) is 21.8 Å². The predicted octanol–water partition coefficient (Wildman–Crippen LogP) is 5.80. The molecule has 5 nitrogen and oxygen atoms in total. The molecule has 0 fully saturated rings. The summed E-state index contributed by atoms with van der Waals surface area (Å²) >= 11 is 13.0. The number of aromatic nitrogens is 1. The fourth-order valence-electron chi connectivity index (χ4n) is 2.82. The lowest BCUT2D eigenvalue weighted by Gasteiger charge is -2.15. The first-order valence-electron chi connectivity index (χ1n) is 8.31. The molecule has 0 radical (unpaired) electrons. The number of rotatable bonds is 5. The van der Waals surface area contributed by atoms with E-state index in [1.807, 2.05) is 13.8 Å². The number of halogens is 2. The van der Waals surface area contributed by atoms with Gasteiger partial charge in [-0.1, -0.05) is 46.4 Å². The van der Waals surface area contributed by atoms with Crippen molar-refractivity contribution in [2.75, 3.05) is 11.9 Å². The van der Waals surface area contributed by atoms with Crippen LogP contribution in [0.2, 0.25) is 10.0 Å². The van der Waals surface area contributed by atoms with Gasteiger partial charge in [0.2, 0.25) is 0 Å². The molecule has 2 aromatic carbocycles. The third-order valence-corrected chi connectivity index (χ3v) is 4.65.